The van der Waals surface area contributed by atoms with E-state index in [1.165, 1.54) is 0 Å². The quantitative estimate of drug-likeness (QED) is 0.213. The van der Waals surface area contributed by atoms with Crippen LogP contribution < -0.4 is 45.3 Å². The number of carbonyl (C=O) groups is 1. The second kappa shape index (κ2) is 13.5. The van der Waals surface area contributed by atoms with Crippen LogP contribution in [-0.2, 0) is 4.79 Å². The first kappa shape index (κ1) is 20.4. The summed E-state index contributed by atoms with van der Waals surface area (Å²) in [6.45, 7) is 5.25. The van der Waals surface area contributed by atoms with Crippen molar-refractivity contribution in [3.63, 3.8) is 0 Å². The van der Waals surface area contributed by atoms with E-state index in [4.69, 9.17) is 0 Å². The van der Waals surface area contributed by atoms with Crippen LogP contribution in [0.25, 0.3) is 0 Å². The third-order valence-corrected chi connectivity index (χ3v) is 2.30. The minimum atomic E-state index is -1.10. The summed E-state index contributed by atoms with van der Waals surface area (Å²) in [6, 6.07) is -0.644. The smallest absolute Gasteiger partial charge is 0.548 e. The Morgan fingerprint density at radius 3 is 2.61 bits per heavy atom. The van der Waals surface area contributed by atoms with E-state index in [0.29, 0.717) is 26.1 Å². The summed E-state index contributed by atoms with van der Waals surface area (Å²) in [6.07, 6.45) is 5.21. The predicted octanol–water partition coefficient (Wildman–Crippen LogP) is -3.97. The molecule has 0 saturated heterocycles. The number of carbonyl (C=O) groups excluding carboxylic acids is 1. The van der Waals surface area contributed by atoms with Gasteiger partial charge >= 0.3 is 29.6 Å². The van der Waals surface area contributed by atoms with Crippen molar-refractivity contribution in [1.82, 2.24) is 10.6 Å². The monoisotopic (exact) mass is 266 g/mol. The number of allylic oxidation sites excluding steroid dienone is 1. The van der Waals surface area contributed by atoms with E-state index >= 15 is 0 Å². The Morgan fingerprint density at radius 1 is 1.39 bits per heavy atom. The van der Waals surface area contributed by atoms with Gasteiger partial charge in [-0.25, -0.2) is 0 Å². The topological polar surface area (TPSA) is 84.4 Å². The number of carboxylic acids is 1. The van der Waals surface area contributed by atoms with E-state index in [2.05, 4.69) is 10.6 Å². The van der Waals surface area contributed by atoms with Crippen LogP contribution in [0.2, 0.25) is 0 Å². The van der Waals surface area contributed by atoms with Crippen molar-refractivity contribution < 1.29 is 44.6 Å². The van der Waals surface area contributed by atoms with Gasteiger partial charge in [-0.3, -0.25) is 0 Å². The van der Waals surface area contributed by atoms with Gasteiger partial charge in [-0.05, 0) is 19.8 Å². The fraction of sp³-hybridized carbons (Fsp3) is 0.750. The van der Waals surface area contributed by atoms with Crippen LogP contribution in [0.5, 0.6) is 0 Å². The zero-order chi connectivity index (χ0) is 13.1. The maximum atomic E-state index is 10.4. The second-order valence-corrected chi connectivity index (χ2v) is 3.97. The van der Waals surface area contributed by atoms with Crippen molar-refractivity contribution in [2.45, 2.75) is 38.8 Å². The fourth-order valence-corrected chi connectivity index (χ4v) is 1.23. The third kappa shape index (κ3) is 12.5. The van der Waals surface area contributed by atoms with E-state index in [-0.39, 0.29) is 29.6 Å². The number of aliphatic hydroxyl groups is 1. The van der Waals surface area contributed by atoms with Gasteiger partial charge in [0.1, 0.15) is 0 Å². The molecule has 0 aromatic carbocycles. The van der Waals surface area contributed by atoms with Gasteiger partial charge in [0.15, 0.2) is 0 Å². The average Bonchev–Trinajstić information content (AvgIpc) is 2.28. The standard InChI is InChI=1S/C12H24N2O3.Na/c1-3-4-5-6-11(15)9-13-7-8-14-10(2)12(16)17;/h4-5,10-11,13-15H,3,6-9H2,1-2H3,(H,16,17);/q;+1/p-1/b5-4+;. The van der Waals surface area contributed by atoms with Gasteiger partial charge < -0.3 is 25.6 Å². The summed E-state index contributed by atoms with van der Waals surface area (Å²) in [5.74, 6) is -1.10. The summed E-state index contributed by atoms with van der Waals surface area (Å²) in [4.78, 5) is 10.4. The van der Waals surface area contributed by atoms with Crippen LogP contribution >= 0.6 is 0 Å². The van der Waals surface area contributed by atoms with Gasteiger partial charge in [0, 0.05) is 25.7 Å². The molecule has 0 bridgehead atoms. The van der Waals surface area contributed by atoms with Gasteiger partial charge in [0.05, 0.1) is 12.1 Å². The molecular weight excluding hydrogens is 243 g/mol. The number of hydrogen-bond donors (Lipinski definition) is 3. The molecule has 0 radical (unpaired) electrons. The minimum absolute atomic E-state index is 0. The number of aliphatic hydroxyl groups excluding tert-OH is 1. The van der Waals surface area contributed by atoms with Crippen LogP contribution in [0.3, 0.4) is 0 Å². The van der Waals surface area contributed by atoms with Crippen molar-refractivity contribution in [3.05, 3.63) is 12.2 Å². The van der Waals surface area contributed by atoms with Gasteiger partial charge in [0.25, 0.3) is 0 Å². The Kier molecular flexibility index (Phi) is 15.3. The summed E-state index contributed by atoms with van der Waals surface area (Å²) in [5.41, 5.74) is 0. The SMILES string of the molecule is CC/C=C/CC(O)CNCCNC(C)C(=O)[O-].[Na+]. The molecule has 0 aromatic rings. The molecule has 0 fully saturated rings. The van der Waals surface area contributed by atoms with Crippen LogP contribution in [0, 0.1) is 0 Å². The Labute approximate surface area is 131 Å². The van der Waals surface area contributed by atoms with Crippen molar-refractivity contribution in [2.75, 3.05) is 19.6 Å². The predicted molar refractivity (Wildman–Crippen MR) is 65.4 cm³/mol. The average molecular weight is 266 g/mol. The first-order valence-electron chi connectivity index (χ1n) is 6.06. The fourth-order valence-electron chi connectivity index (χ4n) is 1.23. The molecule has 18 heavy (non-hydrogen) atoms. The molecule has 0 aliphatic carbocycles. The zero-order valence-corrected chi connectivity index (χ0v) is 13.6. The maximum Gasteiger partial charge on any atom is 1.00 e. The summed E-state index contributed by atoms with van der Waals surface area (Å²) in [5, 5.41) is 25.7. The molecule has 0 aliphatic rings. The summed E-state index contributed by atoms with van der Waals surface area (Å²) in [7, 11) is 0. The van der Waals surface area contributed by atoms with Crippen molar-refractivity contribution in [1.29, 1.82) is 0 Å². The zero-order valence-electron chi connectivity index (χ0n) is 11.6. The van der Waals surface area contributed by atoms with Crippen molar-refractivity contribution in [3.8, 4) is 0 Å². The van der Waals surface area contributed by atoms with E-state index < -0.39 is 18.1 Å². The summed E-state index contributed by atoms with van der Waals surface area (Å²) >= 11 is 0. The molecule has 6 heteroatoms. The second-order valence-electron chi connectivity index (χ2n) is 3.97. The molecule has 0 rings (SSSR count). The number of nitrogens with one attached hydrogen (secondary N) is 2. The van der Waals surface area contributed by atoms with Gasteiger partial charge in [-0.15, -0.1) is 0 Å². The van der Waals surface area contributed by atoms with E-state index in [0.717, 1.165) is 6.42 Å². The molecule has 0 amide bonds. The van der Waals surface area contributed by atoms with Gasteiger partial charge in [-0.1, -0.05) is 19.1 Å². The third-order valence-electron chi connectivity index (χ3n) is 2.30. The molecular formula is C12H23N2NaO3. The largest absolute Gasteiger partial charge is 1.00 e. The Balaban J connectivity index is 0. The van der Waals surface area contributed by atoms with E-state index in [1.807, 2.05) is 19.1 Å². The van der Waals surface area contributed by atoms with E-state index in [9.17, 15) is 15.0 Å². The molecule has 5 nitrogen and oxygen atoms in total. The summed E-state index contributed by atoms with van der Waals surface area (Å²) < 4.78 is 0. The minimum Gasteiger partial charge on any atom is -0.548 e. The van der Waals surface area contributed by atoms with Crippen LogP contribution in [-0.4, -0.2) is 42.9 Å². The molecule has 0 spiro atoms. The van der Waals surface area contributed by atoms with Crippen molar-refractivity contribution >= 4 is 5.97 Å². The Hall–Kier alpha value is 0.0900. The van der Waals surface area contributed by atoms with Crippen molar-refractivity contribution in [2.24, 2.45) is 0 Å². The van der Waals surface area contributed by atoms with Crippen LogP contribution in [0.1, 0.15) is 26.7 Å². The number of aliphatic carboxylic acids is 1. The molecule has 0 aromatic heterocycles. The van der Waals surface area contributed by atoms with E-state index in [1.54, 1.807) is 6.92 Å². The number of hydrogen-bond acceptors (Lipinski definition) is 5. The first-order valence-corrected chi connectivity index (χ1v) is 6.06. The molecule has 3 N–H and O–H groups in total. The molecule has 0 aliphatic heterocycles. The Bertz CT molecular complexity index is 237. The van der Waals surface area contributed by atoms with Gasteiger partial charge in [-0.2, -0.15) is 0 Å². The molecule has 0 heterocycles. The maximum absolute atomic E-state index is 10.4. The van der Waals surface area contributed by atoms with Crippen LogP contribution in [0.15, 0.2) is 12.2 Å². The Morgan fingerprint density at radius 2 is 2.06 bits per heavy atom. The molecule has 2 atom stereocenters. The number of carboxylic acid groups (broad SMARTS) is 1. The number of rotatable bonds is 10. The normalized spacial score (nSPS) is 14.2. The first-order chi connectivity index (χ1) is 8.07. The molecule has 0 saturated carbocycles. The van der Waals surface area contributed by atoms with Gasteiger partial charge in [0.2, 0.25) is 0 Å². The molecule has 100 valence electrons. The van der Waals surface area contributed by atoms with Crippen LogP contribution in [0.4, 0.5) is 0 Å². The molecule has 2 unspecified atom stereocenters.